The van der Waals surface area contributed by atoms with Crippen LogP contribution in [0.2, 0.25) is 5.02 Å². The average molecular weight is 327 g/mol. The van der Waals surface area contributed by atoms with Crippen LogP contribution >= 0.6 is 23.4 Å². The van der Waals surface area contributed by atoms with Crippen molar-refractivity contribution in [2.45, 2.75) is 39.7 Å². The zero-order valence-electron chi connectivity index (χ0n) is 12.8. The average Bonchev–Trinajstić information content (AvgIpc) is 2.44. The van der Waals surface area contributed by atoms with Crippen LogP contribution in [-0.4, -0.2) is 23.5 Å². The van der Waals surface area contributed by atoms with Gasteiger partial charge >= 0.3 is 0 Å². The highest BCUT2D eigenvalue weighted by molar-refractivity contribution is 7.99. The Hall–Kier alpha value is -0.870. The number of thioether (sulfide) groups is 1. The zero-order chi connectivity index (χ0) is 15.5. The maximum absolute atomic E-state index is 11.5. The van der Waals surface area contributed by atoms with E-state index in [1.807, 2.05) is 36.9 Å². The second-order valence-corrected chi connectivity index (χ2v) is 7.66. The van der Waals surface area contributed by atoms with E-state index in [2.05, 4.69) is 24.5 Å². The molecule has 1 fully saturated rings. The predicted molar refractivity (Wildman–Crippen MR) is 93.5 cm³/mol. The van der Waals surface area contributed by atoms with E-state index < -0.39 is 0 Å². The van der Waals surface area contributed by atoms with Crippen LogP contribution in [0.3, 0.4) is 0 Å². The summed E-state index contributed by atoms with van der Waals surface area (Å²) < 4.78 is 0. The van der Waals surface area contributed by atoms with Gasteiger partial charge in [0.25, 0.3) is 0 Å². The van der Waals surface area contributed by atoms with Crippen LogP contribution in [0.25, 0.3) is 0 Å². The molecule has 1 aromatic rings. The fraction of sp³-hybridized carbons (Fsp3) is 0.562. The number of carbonyl (C=O) groups excluding carboxylic acids is 1. The predicted octanol–water partition coefficient (Wildman–Crippen LogP) is 4.63. The molecule has 1 heterocycles. The van der Waals surface area contributed by atoms with Gasteiger partial charge in [-0.1, -0.05) is 32.4 Å². The van der Waals surface area contributed by atoms with E-state index in [0.29, 0.717) is 17.5 Å². The van der Waals surface area contributed by atoms with Crippen LogP contribution in [0, 0.1) is 5.41 Å². The molecule has 2 rings (SSSR count). The summed E-state index contributed by atoms with van der Waals surface area (Å²) in [6.45, 7) is 6.42. The van der Waals surface area contributed by atoms with Gasteiger partial charge in [-0.3, -0.25) is 4.79 Å². The molecule has 0 aromatic heterocycles. The molecule has 116 valence electrons. The minimum atomic E-state index is 0.0109. The Labute approximate surface area is 136 Å². The molecule has 1 aromatic carbocycles. The van der Waals surface area contributed by atoms with Gasteiger partial charge in [-0.15, -0.1) is 0 Å². The Morgan fingerprint density at radius 1 is 1.48 bits per heavy atom. The fourth-order valence-electron chi connectivity index (χ4n) is 2.32. The van der Waals surface area contributed by atoms with Crippen LogP contribution in [0.15, 0.2) is 18.2 Å². The summed E-state index contributed by atoms with van der Waals surface area (Å²) in [5, 5.41) is 7.13. The first-order chi connectivity index (χ1) is 9.92. The molecule has 1 aliphatic rings. The number of nitrogens with one attached hydrogen (secondary N) is 2. The van der Waals surface area contributed by atoms with Gasteiger partial charge in [0.15, 0.2) is 0 Å². The van der Waals surface area contributed by atoms with Crippen LogP contribution in [0.5, 0.6) is 0 Å². The molecule has 0 saturated carbocycles. The number of amides is 1. The van der Waals surface area contributed by atoms with Crippen molar-refractivity contribution in [3.05, 3.63) is 23.2 Å². The smallest absolute Gasteiger partial charge is 0.224 e. The van der Waals surface area contributed by atoms with E-state index in [1.165, 1.54) is 12.2 Å². The van der Waals surface area contributed by atoms with E-state index in [9.17, 15) is 4.79 Å². The number of carbonyl (C=O) groups is 1. The monoisotopic (exact) mass is 326 g/mol. The van der Waals surface area contributed by atoms with E-state index in [-0.39, 0.29) is 11.3 Å². The number of hydrogen-bond donors (Lipinski definition) is 2. The molecule has 0 bridgehead atoms. The lowest BCUT2D eigenvalue weighted by atomic mass is 9.82. The second kappa shape index (κ2) is 6.93. The maximum Gasteiger partial charge on any atom is 0.224 e. The van der Waals surface area contributed by atoms with Crippen molar-refractivity contribution >= 4 is 40.6 Å². The summed E-state index contributed by atoms with van der Waals surface area (Å²) >= 11 is 8.27. The summed E-state index contributed by atoms with van der Waals surface area (Å²) in [6, 6.07) is 5.97. The Morgan fingerprint density at radius 3 is 2.90 bits per heavy atom. The first-order valence-corrected chi connectivity index (χ1v) is 8.89. The van der Waals surface area contributed by atoms with Gasteiger partial charge in [0.1, 0.15) is 0 Å². The van der Waals surface area contributed by atoms with Crippen molar-refractivity contribution in [2.24, 2.45) is 5.41 Å². The quantitative estimate of drug-likeness (QED) is 0.847. The fourth-order valence-corrected chi connectivity index (χ4v) is 4.10. The molecular weight excluding hydrogens is 304 g/mol. The Kier molecular flexibility index (Phi) is 5.44. The number of anilines is 2. The second-order valence-electron chi connectivity index (χ2n) is 6.11. The Morgan fingerprint density at radius 2 is 2.24 bits per heavy atom. The molecule has 0 spiro atoms. The summed E-state index contributed by atoms with van der Waals surface area (Å²) in [5.74, 6) is 2.30. The van der Waals surface area contributed by atoms with Gasteiger partial charge in [0, 0.05) is 23.9 Å². The molecule has 0 radical (unpaired) electrons. The van der Waals surface area contributed by atoms with Gasteiger partial charge in [-0.05, 0) is 35.8 Å². The molecule has 2 N–H and O–H groups in total. The van der Waals surface area contributed by atoms with Gasteiger partial charge < -0.3 is 10.6 Å². The van der Waals surface area contributed by atoms with E-state index in [1.54, 1.807) is 0 Å². The van der Waals surface area contributed by atoms with Crippen molar-refractivity contribution in [3.8, 4) is 0 Å². The Balaban J connectivity index is 2.15. The molecule has 1 atom stereocenters. The van der Waals surface area contributed by atoms with Gasteiger partial charge in [-0.25, -0.2) is 0 Å². The maximum atomic E-state index is 11.5. The summed E-state index contributed by atoms with van der Waals surface area (Å²) in [6.07, 6.45) is 1.66. The summed E-state index contributed by atoms with van der Waals surface area (Å²) in [5.41, 5.74) is 1.93. The third kappa shape index (κ3) is 4.30. The SMILES string of the molecule is CCC(=O)Nc1ccc(Cl)c(NC2CSCCC2(C)C)c1. The van der Waals surface area contributed by atoms with Crippen molar-refractivity contribution < 1.29 is 4.79 Å². The lowest BCUT2D eigenvalue weighted by Gasteiger charge is -2.39. The van der Waals surface area contributed by atoms with Crippen molar-refractivity contribution in [3.63, 3.8) is 0 Å². The lowest BCUT2D eigenvalue weighted by Crippen LogP contribution is -2.41. The van der Waals surface area contributed by atoms with E-state index >= 15 is 0 Å². The molecule has 21 heavy (non-hydrogen) atoms. The van der Waals surface area contributed by atoms with Crippen molar-refractivity contribution in [2.75, 3.05) is 22.1 Å². The number of hydrogen-bond acceptors (Lipinski definition) is 3. The molecule has 1 unspecified atom stereocenters. The van der Waals surface area contributed by atoms with Crippen LogP contribution in [-0.2, 0) is 4.79 Å². The molecule has 1 aliphatic heterocycles. The lowest BCUT2D eigenvalue weighted by molar-refractivity contribution is -0.115. The Bertz CT molecular complexity index is 519. The normalized spacial score (nSPS) is 20.9. The van der Waals surface area contributed by atoms with Crippen LogP contribution < -0.4 is 10.6 Å². The van der Waals surface area contributed by atoms with Crippen LogP contribution in [0.1, 0.15) is 33.6 Å². The largest absolute Gasteiger partial charge is 0.380 e. The molecule has 0 aliphatic carbocycles. The molecule has 1 saturated heterocycles. The first kappa shape index (κ1) is 16.5. The zero-order valence-corrected chi connectivity index (χ0v) is 14.4. The first-order valence-electron chi connectivity index (χ1n) is 7.36. The minimum Gasteiger partial charge on any atom is -0.380 e. The number of benzene rings is 1. The third-order valence-corrected chi connectivity index (χ3v) is 5.41. The molecule has 5 heteroatoms. The minimum absolute atomic E-state index is 0.0109. The molecule has 3 nitrogen and oxygen atoms in total. The van der Waals surface area contributed by atoms with Gasteiger partial charge in [-0.2, -0.15) is 11.8 Å². The topological polar surface area (TPSA) is 41.1 Å². The molecule has 1 amide bonds. The highest BCUT2D eigenvalue weighted by atomic mass is 35.5. The van der Waals surface area contributed by atoms with E-state index in [4.69, 9.17) is 11.6 Å². The van der Waals surface area contributed by atoms with Crippen molar-refractivity contribution in [1.82, 2.24) is 0 Å². The summed E-state index contributed by atoms with van der Waals surface area (Å²) in [7, 11) is 0. The van der Waals surface area contributed by atoms with Gasteiger partial charge in [0.05, 0.1) is 10.7 Å². The van der Waals surface area contributed by atoms with Crippen LogP contribution in [0.4, 0.5) is 11.4 Å². The highest BCUT2D eigenvalue weighted by Gasteiger charge is 2.32. The van der Waals surface area contributed by atoms with Crippen molar-refractivity contribution in [1.29, 1.82) is 0 Å². The summed E-state index contributed by atoms with van der Waals surface area (Å²) in [4.78, 5) is 11.5. The third-order valence-electron chi connectivity index (χ3n) is 4.02. The van der Waals surface area contributed by atoms with E-state index in [0.717, 1.165) is 17.1 Å². The highest BCUT2D eigenvalue weighted by Crippen LogP contribution is 2.37. The number of rotatable bonds is 4. The standard InChI is InChI=1S/C16H23ClN2OS/c1-4-15(20)18-11-5-6-12(17)13(9-11)19-14-10-21-8-7-16(14,2)3/h5-6,9,14,19H,4,7-8,10H2,1-3H3,(H,18,20). The number of halogens is 1. The van der Waals surface area contributed by atoms with Gasteiger partial charge in [0.2, 0.25) is 5.91 Å². The molecular formula is C16H23ClN2OS.